The molecule has 0 bridgehead atoms. The first-order valence-corrected chi connectivity index (χ1v) is 14.1. The number of likely N-dealkylation sites (tertiary alicyclic amines) is 1. The van der Waals surface area contributed by atoms with Gasteiger partial charge < -0.3 is 9.47 Å². The molecule has 8 heteroatoms. The van der Waals surface area contributed by atoms with Crippen molar-refractivity contribution < 1.29 is 14.3 Å². The molecule has 0 atom stereocenters. The highest BCUT2D eigenvalue weighted by Gasteiger charge is 2.24. The molecule has 2 aromatic carbocycles. The molecule has 218 valence electrons. The number of hydrogen-bond acceptors (Lipinski definition) is 6. The van der Waals surface area contributed by atoms with Crippen LogP contribution in [-0.2, 0) is 17.9 Å². The van der Waals surface area contributed by atoms with E-state index in [-0.39, 0.29) is 5.78 Å². The van der Waals surface area contributed by atoms with Crippen LogP contribution in [0.2, 0.25) is 0 Å². The summed E-state index contributed by atoms with van der Waals surface area (Å²) < 4.78 is 15.2. The van der Waals surface area contributed by atoms with E-state index in [1.54, 1.807) is 14.2 Å². The Balaban J connectivity index is 1.43. The zero-order valence-corrected chi connectivity index (χ0v) is 25.6. The van der Waals surface area contributed by atoms with Crippen molar-refractivity contribution in [3.05, 3.63) is 105 Å². The van der Waals surface area contributed by atoms with Gasteiger partial charge in [0.05, 0.1) is 38.7 Å². The Morgan fingerprint density at radius 1 is 0.714 bits per heavy atom. The van der Waals surface area contributed by atoms with Gasteiger partial charge in [-0.25, -0.2) is 0 Å². The first-order chi connectivity index (χ1) is 20.1. The molecule has 0 saturated carbocycles. The van der Waals surface area contributed by atoms with Gasteiger partial charge in [-0.3, -0.25) is 19.1 Å². The lowest BCUT2D eigenvalue weighted by Gasteiger charge is -2.26. The van der Waals surface area contributed by atoms with Crippen LogP contribution in [0.25, 0.3) is 12.2 Å². The van der Waals surface area contributed by atoms with Crippen LogP contribution >= 0.6 is 0 Å². The third kappa shape index (κ3) is 6.39. The van der Waals surface area contributed by atoms with E-state index in [1.165, 1.54) is 0 Å². The number of benzene rings is 2. The van der Waals surface area contributed by atoms with Crippen LogP contribution in [0.4, 0.5) is 0 Å². The van der Waals surface area contributed by atoms with E-state index in [0.717, 1.165) is 67.7 Å². The van der Waals surface area contributed by atoms with Crippen molar-refractivity contribution in [2.45, 2.75) is 40.8 Å². The van der Waals surface area contributed by atoms with E-state index < -0.39 is 0 Å². The number of ether oxygens (including phenoxy) is 2. The molecule has 4 aromatic rings. The maximum atomic E-state index is 13.7. The fourth-order valence-electron chi connectivity index (χ4n) is 5.63. The summed E-state index contributed by atoms with van der Waals surface area (Å²) in [4.78, 5) is 15.9. The molecule has 1 saturated heterocycles. The second-order valence-electron chi connectivity index (χ2n) is 11.2. The average molecular weight is 566 g/mol. The number of likely N-dealkylation sites (N-methyl/N-ethyl adjacent to an activating group) is 1. The van der Waals surface area contributed by atoms with Crippen molar-refractivity contribution in [1.82, 2.24) is 24.5 Å². The molecular weight excluding hydrogens is 526 g/mol. The summed E-state index contributed by atoms with van der Waals surface area (Å²) in [5.41, 5.74) is 9.61. The van der Waals surface area contributed by atoms with Crippen molar-refractivity contribution in [2.24, 2.45) is 0 Å². The van der Waals surface area contributed by atoms with Crippen LogP contribution in [0.3, 0.4) is 0 Å². The Bertz CT molecular complexity index is 1570. The summed E-state index contributed by atoms with van der Waals surface area (Å²) >= 11 is 0. The highest BCUT2D eigenvalue weighted by molar-refractivity contribution is 6.14. The van der Waals surface area contributed by atoms with E-state index in [0.29, 0.717) is 26.2 Å². The SMILES string of the molecule is COc1ccc(/C=C2\CN(C)C/C(=C\c3ccc(OC)c(Cn4nc(C)cc4C)c3)C2=O)cc1Cn1nc(C)cc1C. The number of aryl methyl sites for hydroxylation is 4. The maximum absolute atomic E-state index is 13.7. The second kappa shape index (κ2) is 12.2. The molecule has 0 aliphatic carbocycles. The number of hydrogen-bond donors (Lipinski definition) is 0. The normalized spacial score (nSPS) is 16.0. The zero-order valence-electron chi connectivity index (χ0n) is 25.6. The molecule has 3 heterocycles. The molecule has 2 aromatic heterocycles. The van der Waals surface area contributed by atoms with Crippen molar-refractivity contribution in [1.29, 1.82) is 0 Å². The van der Waals surface area contributed by atoms with Gasteiger partial charge in [0.2, 0.25) is 0 Å². The minimum Gasteiger partial charge on any atom is -0.496 e. The molecule has 1 aliphatic rings. The van der Waals surface area contributed by atoms with Gasteiger partial charge in [0, 0.05) is 46.8 Å². The van der Waals surface area contributed by atoms with Crippen molar-refractivity contribution in [3.63, 3.8) is 0 Å². The number of methoxy groups -OCH3 is 2. The fourth-order valence-corrected chi connectivity index (χ4v) is 5.63. The predicted molar refractivity (Wildman–Crippen MR) is 166 cm³/mol. The second-order valence-corrected chi connectivity index (χ2v) is 11.2. The van der Waals surface area contributed by atoms with Gasteiger partial charge in [-0.2, -0.15) is 10.2 Å². The smallest absolute Gasteiger partial charge is 0.187 e. The van der Waals surface area contributed by atoms with Crippen LogP contribution in [0.5, 0.6) is 11.5 Å². The van der Waals surface area contributed by atoms with Crippen LogP contribution in [0.1, 0.15) is 45.0 Å². The van der Waals surface area contributed by atoms with Gasteiger partial charge in [-0.05, 0) is 94.4 Å². The number of nitrogens with zero attached hydrogens (tertiary/aromatic N) is 5. The largest absolute Gasteiger partial charge is 0.496 e. The molecule has 0 amide bonds. The average Bonchev–Trinajstić information content (AvgIpc) is 3.44. The number of piperidine rings is 1. The van der Waals surface area contributed by atoms with Crippen molar-refractivity contribution in [3.8, 4) is 11.5 Å². The standard InChI is InChI=1S/C34H39N5O3/c1-22-12-24(3)38(35-22)20-28-14-26(8-10-32(28)41-6)16-30-18-37(5)19-31(34(30)40)17-27-9-11-33(42-7)29(15-27)21-39-25(4)13-23(2)36-39/h8-17H,18-21H2,1-7H3/b30-16+,31-17+. The molecule has 0 spiro atoms. The van der Waals surface area contributed by atoms with E-state index in [2.05, 4.69) is 39.4 Å². The highest BCUT2D eigenvalue weighted by Crippen LogP contribution is 2.27. The summed E-state index contributed by atoms with van der Waals surface area (Å²) in [6, 6.07) is 16.2. The highest BCUT2D eigenvalue weighted by atomic mass is 16.5. The van der Waals surface area contributed by atoms with Gasteiger partial charge in [-0.1, -0.05) is 12.1 Å². The van der Waals surface area contributed by atoms with E-state index in [1.807, 2.05) is 80.5 Å². The number of rotatable bonds is 8. The lowest BCUT2D eigenvalue weighted by atomic mass is 9.94. The molecule has 5 rings (SSSR count). The summed E-state index contributed by atoms with van der Waals surface area (Å²) in [5.74, 6) is 1.67. The summed E-state index contributed by atoms with van der Waals surface area (Å²) in [6.07, 6.45) is 4.00. The van der Waals surface area contributed by atoms with E-state index >= 15 is 0 Å². The summed E-state index contributed by atoms with van der Waals surface area (Å²) in [7, 11) is 5.39. The molecule has 0 radical (unpaired) electrons. The Labute approximate surface area is 247 Å². The lowest BCUT2D eigenvalue weighted by Crippen LogP contribution is -2.34. The molecule has 0 N–H and O–H groups in total. The lowest BCUT2D eigenvalue weighted by molar-refractivity contribution is -0.113. The van der Waals surface area contributed by atoms with Gasteiger partial charge in [-0.15, -0.1) is 0 Å². The van der Waals surface area contributed by atoms with Crippen LogP contribution in [0.15, 0.2) is 59.7 Å². The fraction of sp³-hybridized carbons (Fsp3) is 0.324. The molecule has 1 aliphatic heterocycles. The Morgan fingerprint density at radius 3 is 1.50 bits per heavy atom. The maximum Gasteiger partial charge on any atom is 0.187 e. The number of aromatic nitrogens is 4. The monoisotopic (exact) mass is 565 g/mol. The first-order valence-electron chi connectivity index (χ1n) is 14.1. The van der Waals surface area contributed by atoms with Crippen LogP contribution < -0.4 is 9.47 Å². The Morgan fingerprint density at radius 2 is 1.14 bits per heavy atom. The Kier molecular flexibility index (Phi) is 8.45. The molecule has 1 fully saturated rings. The minimum atomic E-state index is 0.0694. The van der Waals surface area contributed by atoms with Gasteiger partial charge >= 0.3 is 0 Å². The number of Topliss-reactive ketones (excluding diaryl/α,β-unsaturated/α-hetero) is 1. The first kappa shape index (κ1) is 29.1. The van der Waals surface area contributed by atoms with Gasteiger partial charge in [0.25, 0.3) is 0 Å². The van der Waals surface area contributed by atoms with Gasteiger partial charge in [0.15, 0.2) is 5.78 Å². The predicted octanol–water partition coefficient (Wildman–Crippen LogP) is 5.41. The number of ketones is 1. The zero-order chi connectivity index (χ0) is 30.0. The molecule has 42 heavy (non-hydrogen) atoms. The van der Waals surface area contributed by atoms with E-state index in [4.69, 9.17) is 9.47 Å². The van der Waals surface area contributed by atoms with Crippen LogP contribution in [0, 0.1) is 27.7 Å². The summed E-state index contributed by atoms with van der Waals surface area (Å²) in [6.45, 7) is 10.4. The molecular formula is C34H39N5O3. The molecule has 8 nitrogen and oxygen atoms in total. The van der Waals surface area contributed by atoms with Gasteiger partial charge in [0.1, 0.15) is 11.5 Å². The Hall–Kier alpha value is -4.43. The number of carbonyl (C=O) groups excluding carboxylic acids is 1. The van der Waals surface area contributed by atoms with Crippen molar-refractivity contribution >= 4 is 17.9 Å². The third-order valence-electron chi connectivity index (χ3n) is 7.60. The van der Waals surface area contributed by atoms with E-state index in [9.17, 15) is 4.79 Å². The molecule has 0 unspecified atom stereocenters. The third-order valence-corrected chi connectivity index (χ3v) is 7.60. The quantitative estimate of drug-likeness (QED) is 0.266. The summed E-state index contributed by atoms with van der Waals surface area (Å²) in [5, 5.41) is 9.22. The van der Waals surface area contributed by atoms with Crippen molar-refractivity contribution in [2.75, 3.05) is 34.4 Å². The topological polar surface area (TPSA) is 74.4 Å². The van der Waals surface area contributed by atoms with Crippen LogP contribution in [-0.4, -0.2) is 64.6 Å². The number of carbonyl (C=O) groups is 1. The minimum absolute atomic E-state index is 0.0694.